The van der Waals surface area contributed by atoms with Gasteiger partial charge in [0.2, 0.25) is 0 Å². The molecule has 0 saturated heterocycles. The van der Waals surface area contributed by atoms with Crippen LogP contribution in [0, 0.1) is 0 Å². The maximum absolute atomic E-state index is 8.46. The van der Waals surface area contributed by atoms with E-state index in [0.29, 0.717) is 0 Å². The molecule has 1 aromatic rings. The third-order valence-corrected chi connectivity index (χ3v) is 1.87. The Morgan fingerprint density at radius 2 is 1.92 bits per heavy atom. The first-order valence-corrected chi connectivity index (χ1v) is 4.27. The Hall–Kier alpha value is -0.570. The van der Waals surface area contributed by atoms with Crippen LogP contribution < -0.4 is 5.32 Å². The van der Waals surface area contributed by atoms with E-state index in [-0.39, 0.29) is 6.73 Å². The highest BCUT2D eigenvalue weighted by molar-refractivity contribution is 6.30. The van der Waals surface area contributed by atoms with Crippen molar-refractivity contribution in [1.82, 2.24) is 5.32 Å². The van der Waals surface area contributed by atoms with Crippen LogP contribution in [0.25, 0.3) is 0 Å². The number of aliphatic hydroxyl groups excluding tert-OH is 1. The lowest BCUT2D eigenvalue weighted by molar-refractivity contribution is 0.262. The van der Waals surface area contributed by atoms with Gasteiger partial charge in [-0.15, -0.1) is 0 Å². The second-order valence-electron chi connectivity index (χ2n) is 2.53. The van der Waals surface area contributed by atoms with Crippen LogP contribution in [-0.2, 0) is 6.42 Å². The summed E-state index contributed by atoms with van der Waals surface area (Å²) in [6, 6.07) is 7.72. The van der Waals surface area contributed by atoms with Crippen molar-refractivity contribution in [3.63, 3.8) is 0 Å². The average molecular weight is 186 g/mol. The van der Waals surface area contributed by atoms with Crippen molar-refractivity contribution < 1.29 is 5.11 Å². The van der Waals surface area contributed by atoms with Gasteiger partial charge in [-0.05, 0) is 24.1 Å². The van der Waals surface area contributed by atoms with Gasteiger partial charge in [0.25, 0.3) is 0 Å². The molecule has 0 aliphatic heterocycles. The van der Waals surface area contributed by atoms with E-state index >= 15 is 0 Å². The van der Waals surface area contributed by atoms with E-state index < -0.39 is 0 Å². The molecule has 2 N–H and O–H groups in total. The molecule has 0 spiro atoms. The van der Waals surface area contributed by atoms with Gasteiger partial charge in [0, 0.05) is 11.6 Å². The molecular formula is C9H12ClNO. The Bertz CT molecular complexity index is 222. The monoisotopic (exact) mass is 185 g/mol. The summed E-state index contributed by atoms with van der Waals surface area (Å²) < 4.78 is 0. The van der Waals surface area contributed by atoms with Crippen LogP contribution in [0.5, 0.6) is 0 Å². The zero-order valence-corrected chi connectivity index (χ0v) is 7.51. The molecule has 0 amide bonds. The predicted octanol–water partition coefficient (Wildman–Crippen LogP) is 1.42. The topological polar surface area (TPSA) is 32.3 Å². The number of halogens is 1. The molecule has 0 aromatic heterocycles. The van der Waals surface area contributed by atoms with Gasteiger partial charge in [-0.3, -0.25) is 5.32 Å². The van der Waals surface area contributed by atoms with E-state index in [4.69, 9.17) is 16.7 Å². The van der Waals surface area contributed by atoms with Crippen molar-refractivity contribution in [1.29, 1.82) is 0 Å². The maximum atomic E-state index is 8.46. The molecule has 0 bridgehead atoms. The first kappa shape index (κ1) is 9.52. The minimum Gasteiger partial charge on any atom is -0.381 e. The van der Waals surface area contributed by atoms with E-state index in [0.717, 1.165) is 18.0 Å². The zero-order valence-electron chi connectivity index (χ0n) is 6.76. The molecule has 0 saturated carbocycles. The molecule has 0 heterocycles. The summed E-state index contributed by atoms with van der Waals surface area (Å²) in [5, 5.41) is 12.0. The van der Waals surface area contributed by atoms with Gasteiger partial charge in [-0.2, -0.15) is 0 Å². The molecule has 0 aliphatic rings. The lowest BCUT2D eigenvalue weighted by Gasteiger charge is -2.01. The first-order valence-electron chi connectivity index (χ1n) is 3.89. The van der Waals surface area contributed by atoms with Crippen molar-refractivity contribution >= 4 is 11.6 Å². The van der Waals surface area contributed by atoms with Gasteiger partial charge < -0.3 is 5.11 Å². The molecule has 0 fully saturated rings. The molecule has 66 valence electrons. The number of nitrogens with one attached hydrogen (secondary N) is 1. The zero-order chi connectivity index (χ0) is 8.81. The second kappa shape index (κ2) is 5.14. The summed E-state index contributed by atoms with van der Waals surface area (Å²) in [6.45, 7) is 0.825. The van der Waals surface area contributed by atoms with Crippen molar-refractivity contribution in [2.75, 3.05) is 13.3 Å². The SMILES string of the molecule is OCNCCc1ccc(Cl)cc1. The molecular weight excluding hydrogens is 174 g/mol. The number of hydrogen-bond acceptors (Lipinski definition) is 2. The summed E-state index contributed by atoms with van der Waals surface area (Å²) in [7, 11) is 0. The smallest absolute Gasteiger partial charge is 0.0931 e. The summed E-state index contributed by atoms with van der Waals surface area (Å²) in [6.07, 6.45) is 0.914. The fraction of sp³-hybridized carbons (Fsp3) is 0.333. The second-order valence-corrected chi connectivity index (χ2v) is 2.97. The lowest BCUT2D eigenvalue weighted by Crippen LogP contribution is -2.17. The van der Waals surface area contributed by atoms with E-state index in [1.54, 1.807) is 0 Å². The molecule has 0 radical (unpaired) electrons. The van der Waals surface area contributed by atoms with Gasteiger partial charge >= 0.3 is 0 Å². The van der Waals surface area contributed by atoms with E-state index in [9.17, 15) is 0 Å². The van der Waals surface area contributed by atoms with Crippen LogP contribution in [0.3, 0.4) is 0 Å². The van der Waals surface area contributed by atoms with Gasteiger partial charge in [0.05, 0.1) is 6.73 Å². The molecule has 0 atom stereocenters. The Morgan fingerprint density at radius 3 is 2.50 bits per heavy atom. The van der Waals surface area contributed by atoms with Crippen LogP contribution >= 0.6 is 11.6 Å². The standard InChI is InChI=1S/C9H12ClNO/c10-9-3-1-8(2-4-9)5-6-11-7-12/h1-4,11-12H,5-7H2. The number of benzene rings is 1. The normalized spacial score (nSPS) is 10.2. The quantitative estimate of drug-likeness (QED) is 0.550. The molecule has 1 rings (SSSR count). The van der Waals surface area contributed by atoms with Crippen molar-refractivity contribution in [2.24, 2.45) is 0 Å². The van der Waals surface area contributed by atoms with Crippen LogP contribution in [-0.4, -0.2) is 18.4 Å². The average Bonchev–Trinajstić information content (AvgIpc) is 2.09. The third-order valence-electron chi connectivity index (χ3n) is 1.62. The molecule has 0 aliphatic carbocycles. The Labute approximate surface area is 77.2 Å². The molecule has 3 heteroatoms. The van der Waals surface area contributed by atoms with Crippen molar-refractivity contribution in [3.8, 4) is 0 Å². The summed E-state index contributed by atoms with van der Waals surface area (Å²) in [4.78, 5) is 0. The lowest BCUT2D eigenvalue weighted by atomic mass is 10.1. The summed E-state index contributed by atoms with van der Waals surface area (Å²) >= 11 is 5.72. The highest BCUT2D eigenvalue weighted by Gasteiger charge is 1.91. The van der Waals surface area contributed by atoms with Gasteiger partial charge in [0.15, 0.2) is 0 Å². The fourth-order valence-corrected chi connectivity index (χ4v) is 1.09. The van der Waals surface area contributed by atoms with E-state index in [1.165, 1.54) is 5.56 Å². The molecule has 0 unspecified atom stereocenters. The molecule has 12 heavy (non-hydrogen) atoms. The van der Waals surface area contributed by atoms with Crippen LogP contribution in [0.15, 0.2) is 24.3 Å². The van der Waals surface area contributed by atoms with E-state index in [1.807, 2.05) is 24.3 Å². The summed E-state index contributed by atoms with van der Waals surface area (Å²) in [5.74, 6) is 0. The molecule has 1 aromatic carbocycles. The Kier molecular flexibility index (Phi) is 4.08. The largest absolute Gasteiger partial charge is 0.381 e. The van der Waals surface area contributed by atoms with Crippen LogP contribution in [0.4, 0.5) is 0 Å². The van der Waals surface area contributed by atoms with Gasteiger partial charge in [-0.1, -0.05) is 23.7 Å². The van der Waals surface area contributed by atoms with Crippen molar-refractivity contribution in [3.05, 3.63) is 34.9 Å². The minimum absolute atomic E-state index is 0.0353. The van der Waals surface area contributed by atoms with E-state index in [2.05, 4.69) is 5.32 Å². The number of aliphatic hydroxyl groups is 1. The first-order chi connectivity index (χ1) is 5.83. The highest BCUT2D eigenvalue weighted by Crippen LogP contribution is 2.09. The highest BCUT2D eigenvalue weighted by atomic mass is 35.5. The number of hydrogen-bond donors (Lipinski definition) is 2. The van der Waals surface area contributed by atoms with Gasteiger partial charge in [0.1, 0.15) is 0 Å². The Balaban J connectivity index is 2.37. The van der Waals surface area contributed by atoms with Crippen LogP contribution in [0.2, 0.25) is 5.02 Å². The van der Waals surface area contributed by atoms with Gasteiger partial charge in [-0.25, -0.2) is 0 Å². The third kappa shape index (κ3) is 3.22. The Morgan fingerprint density at radius 1 is 1.25 bits per heavy atom. The number of rotatable bonds is 4. The predicted molar refractivity (Wildman–Crippen MR) is 50.2 cm³/mol. The minimum atomic E-state index is 0.0353. The van der Waals surface area contributed by atoms with Crippen LogP contribution in [0.1, 0.15) is 5.56 Å². The summed E-state index contributed by atoms with van der Waals surface area (Å²) in [5.41, 5.74) is 1.22. The van der Waals surface area contributed by atoms with Crippen molar-refractivity contribution in [2.45, 2.75) is 6.42 Å². The fourth-order valence-electron chi connectivity index (χ4n) is 0.963. The maximum Gasteiger partial charge on any atom is 0.0931 e. The molecule has 2 nitrogen and oxygen atoms in total.